The molecule has 0 radical (unpaired) electrons. The van der Waals surface area contributed by atoms with Gasteiger partial charge in [0.15, 0.2) is 5.16 Å². The number of hydrogen-bond donors (Lipinski definition) is 2. The molecule has 0 unspecified atom stereocenters. The van der Waals surface area contributed by atoms with Crippen LogP contribution in [0.15, 0.2) is 40.3 Å². The van der Waals surface area contributed by atoms with Crippen molar-refractivity contribution in [2.45, 2.75) is 18.5 Å². The van der Waals surface area contributed by atoms with Gasteiger partial charge in [0.25, 0.3) is 5.56 Å². The van der Waals surface area contributed by atoms with Crippen LogP contribution in [-0.4, -0.2) is 28.2 Å². The predicted octanol–water partition coefficient (Wildman–Crippen LogP) is 2.18. The lowest BCUT2D eigenvalue weighted by Crippen LogP contribution is -2.27. The Hall–Kier alpha value is -1.79. The highest BCUT2D eigenvalue weighted by atomic mass is 35.5. The number of nitrogens with zero attached hydrogens (tertiary/aromatic N) is 1. The van der Waals surface area contributed by atoms with E-state index in [9.17, 15) is 9.59 Å². The fraction of sp³-hybridized carbons (Fsp3) is 0.267. The van der Waals surface area contributed by atoms with Gasteiger partial charge in [-0.15, -0.1) is 0 Å². The van der Waals surface area contributed by atoms with E-state index in [4.69, 9.17) is 11.6 Å². The zero-order chi connectivity index (χ0) is 15.9. The van der Waals surface area contributed by atoms with Crippen LogP contribution in [0.2, 0.25) is 5.02 Å². The van der Waals surface area contributed by atoms with E-state index in [2.05, 4.69) is 15.3 Å². The van der Waals surface area contributed by atoms with E-state index in [0.29, 0.717) is 22.4 Å². The van der Waals surface area contributed by atoms with Crippen LogP contribution >= 0.6 is 23.4 Å². The molecular weight excluding hydrogens is 322 g/mol. The van der Waals surface area contributed by atoms with Crippen molar-refractivity contribution in [3.8, 4) is 0 Å². The Labute approximate surface area is 137 Å². The van der Waals surface area contributed by atoms with E-state index in [1.165, 1.54) is 17.8 Å². The molecule has 5 nitrogen and oxygen atoms in total. The molecule has 0 fully saturated rings. The van der Waals surface area contributed by atoms with Gasteiger partial charge in [-0.1, -0.05) is 35.5 Å². The summed E-state index contributed by atoms with van der Waals surface area (Å²) in [4.78, 5) is 29.8. The highest BCUT2D eigenvalue weighted by Crippen LogP contribution is 2.11. The predicted molar refractivity (Wildman–Crippen MR) is 88.5 cm³/mol. The summed E-state index contributed by atoms with van der Waals surface area (Å²) in [7, 11) is 0. The van der Waals surface area contributed by atoms with E-state index in [-0.39, 0.29) is 17.2 Å². The number of aromatic nitrogens is 2. The third-order valence-corrected chi connectivity index (χ3v) is 3.96. The number of nitrogens with one attached hydrogen (secondary N) is 2. The molecular formula is C15H16ClN3O2S. The summed E-state index contributed by atoms with van der Waals surface area (Å²) in [5.41, 5.74) is 1.54. The molecule has 2 aromatic rings. The quantitative estimate of drug-likeness (QED) is 0.626. The first-order valence-corrected chi connectivity index (χ1v) is 8.11. The zero-order valence-electron chi connectivity index (χ0n) is 12.1. The molecule has 0 saturated carbocycles. The third kappa shape index (κ3) is 5.54. The molecule has 0 aliphatic rings. The van der Waals surface area contributed by atoms with E-state index in [1.807, 2.05) is 24.3 Å². The van der Waals surface area contributed by atoms with Crippen molar-refractivity contribution in [1.82, 2.24) is 15.3 Å². The number of hydrogen-bond acceptors (Lipinski definition) is 4. The van der Waals surface area contributed by atoms with Gasteiger partial charge in [0.1, 0.15) is 0 Å². The molecule has 0 spiro atoms. The number of carbonyl (C=O) groups is 1. The first-order chi connectivity index (χ1) is 10.5. The minimum atomic E-state index is -0.210. The van der Waals surface area contributed by atoms with E-state index >= 15 is 0 Å². The van der Waals surface area contributed by atoms with Gasteiger partial charge >= 0.3 is 0 Å². The standard InChI is InChI=1S/C15H16ClN3O2S/c1-10-8-13(20)19-15(18-10)22-9-14(21)17-7-6-11-2-4-12(16)5-3-11/h2-5,8H,6-7,9H2,1H3,(H,17,21)(H,18,19,20). The third-order valence-electron chi connectivity index (χ3n) is 2.84. The fourth-order valence-electron chi connectivity index (χ4n) is 1.80. The van der Waals surface area contributed by atoms with Crippen molar-refractivity contribution >= 4 is 29.3 Å². The van der Waals surface area contributed by atoms with E-state index in [0.717, 1.165) is 12.0 Å². The van der Waals surface area contributed by atoms with Gasteiger partial charge in [-0.2, -0.15) is 0 Å². The van der Waals surface area contributed by atoms with Crippen LogP contribution in [0.4, 0.5) is 0 Å². The number of amides is 1. The molecule has 0 aliphatic heterocycles. The highest BCUT2D eigenvalue weighted by molar-refractivity contribution is 7.99. The van der Waals surface area contributed by atoms with Crippen molar-refractivity contribution in [2.24, 2.45) is 0 Å². The highest BCUT2D eigenvalue weighted by Gasteiger charge is 2.05. The first-order valence-electron chi connectivity index (χ1n) is 6.75. The molecule has 22 heavy (non-hydrogen) atoms. The number of rotatable bonds is 6. The fourth-order valence-corrected chi connectivity index (χ4v) is 2.68. The zero-order valence-corrected chi connectivity index (χ0v) is 13.6. The number of halogens is 1. The molecule has 116 valence electrons. The summed E-state index contributed by atoms with van der Waals surface area (Å²) in [5, 5.41) is 3.99. The van der Waals surface area contributed by atoms with Crippen molar-refractivity contribution in [1.29, 1.82) is 0 Å². The number of carbonyl (C=O) groups excluding carboxylic acids is 1. The molecule has 0 saturated heterocycles. The van der Waals surface area contributed by atoms with Crippen molar-refractivity contribution in [3.05, 3.63) is 57.0 Å². The summed E-state index contributed by atoms with van der Waals surface area (Å²) in [6, 6.07) is 8.94. The second kappa shape index (κ2) is 8.00. The van der Waals surface area contributed by atoms with Gasteiger partial charge in [-0.25, -0.2) is 4.98 Å². The Kier molecular flexibility index (Phi) is 6.03. The normalized spacial score (nSPS) is 10.5. The summed E-state index contributed by atoms with van der Waals surface area (Å²) < 4.78 is 0. The summed E-state index contributed by atoms with van der Waals surface area (Å²) in [5.74, 6) is 0.121. The van der Waals surface area contributed by atoms with Crippen LogP contribution in [0.1, 0.15) is 11.3 Å². The van der Waals surface area contributed by atoms with Gasteiger partial charge in [0.05, 0.1) is 5.75 Å². The molecule has 1 aromatic carbocycles. The first kappa shape index (κ1) is 16.6. The summed E-state index contributed by atoms with van der Waals surface area (Å²) >= 11 is 7.02. The minimum absolute atomic E-state index is 0.0943. The summed E-state index contributed by atoms with van der Waals surface area (Å²) in [6.45, 7) is 2.30. The van der Waals surface area contributed by atoms with Crippen molar-refractivity contribution < 1.29 is 4.79 Å². The van der Waals surface area contributed by atoms with Crippen LogP contribution in [0.5, 0.6) is 0 Å². The molecule has 1 aromatic heterocycles. The van der Waals surface area contributed by atoms with Crippen molar-refractivity contribution in [2.75, 3.05) is 12.3 Å². The van der Waals surface area contributed by atoms with Gasteiger partial charge in [-0.3, -0.25) is 9.59 Å². The maximum absolute atomic E-state index is 11.8. The topological polar surface area (TPSA) is 74.8 Å². The lowest BCUT2D eigenvalue weighted by atomic mass is 10.1. The Balaban J connectivity index is 1.73. The monoisotopic (exact) mass is 337 g/mol. The van der Waals surface area contributed by atoms with Gasteiger partial charge in [0, 0.05) is 23.3 Å². The second-order valence-corrected chi connectivity index (χ2v) is 6.11. The number of aromatic amines is 1. The number of benzene rings is 1. The van der Waals surface area contributed by atoms with E-state index < -0.39 is 0 Å². The van der Waals surface area contributed by atoms with Crippen LogP contribution in [0.25, 0.3) is 0 Å². The Bertz CT molecular complexity index is 701. The molecule has 1 amide bonds. The minimum Gasteiger partial charge on any atom is -0.355 e. The van der Waals surface area contributed by atoms with Crippen LogP contribution in [-0.2, 0) is 11.2 Å². The SMILES string of the molecule is Cc1cc(=O)[nH]c(SCC(=O)NCCc2ccc(Cl)cc2)n1. The van der Waals surface area contributed by atoms with Crippen LogP contribution in [0.3, 0.4) is 0 Å². The van der Waals surface area contributed by atoms with Crippen LogP contribution in [0, 0.1) is 6.92 Å². The summed E-state index contributed by atoms with van der Waals surface area (Å²) in [6.07, 6.45) is 0.743. The Morgan fingerprint density at radius 1 is 1.36 bits per heavy atom. The van der Waals surface area contributed by atoms with Crippen molar-refractivity contribution in [3.63, 3.8) is 0 Å². The number of H-pyrrole nitrogens is 1. The molecule has 2 rings (SSSR count). The molecule has 0 bridgehead atoms. The largest absolute Gasteiger partial charge is 0.355 e. The molecule has 2 N–H and O–H groups in total. The van der Waals surface area contributed by atoms with Crippen LogP contribution < -0.4 is 10.9 Å². The van der Waals surface area contributed by atoms with Gasteiger partial charge in [0.2, 0.25) is 5.91 Å². The average Bonchev–Trinajstić information content (AvgIpc) is 2.46. The maximum atomic E-state index is 11.8. The lowest BCUT2D eigenvalue weighted by Gasteiger charge is -2.05. The smallest absolute Gasteiger partial charge is 0.251 e. The molecule has 1 heterocycles. The van der Waals surface area contributed by atoms with Gasteiger partial charge < -0.3 is 10.3 Å². The Morgan fingerprint density at radius 2 is 2.09 bits per heavy atom. The average molecular weight is 338 g/mol. The molecule has 0 aliphatic carbocycles. The second-order valence-electron chi connectivity index (χ2n) is 4.71. The number of aryl methyl sites for hydroxylation is 1. The maximum Gasteiger partial charge on any atom is 0.251 e. The van der Waals surface area contributed by atoms with E-state index in [1.54, 1.807) is 6.92 Å². The molecule has 7 heteroatoms. The van der Waals surface area contributed by atoms with Gasteiger partial charge in [-0.05, 0) is 31.0 Å². The Morgan fingerprint density at radius 3 is 2.77 bits per heavy atom. The molecule has 0 atom stereocenters. The lowest BCUT2D eigenvalue weighted by molar-refractivity contribution is -0.118. The number of thioether (sulfide) groups is 1.